The van der Waals surface area contributed by atoms with Gasteiger partial charge in [0.15, 0.2) is 0 Å². The van der Waals surface area contributed by atoms with E-state index in [1.165, 1.54) is 5.56 Å². The van der Waals surface area contributed by atoms with Gasteiger partial charge in [-0.2, -0.15) is 0 Å². The summed E-state index contributed by atoms with van der Waals surface area (Å²) in [7, 11) is 3.63. The summed E-state index contributed by atoms with van der Waals surface area (Å²) in [6.45, 7) is 2.01. The fourth-order valence-electron chi connectivity index (χ4n) is 1.82. The molecular formula is C14H21NO. The Morgan fingerprint density at radius 2 is 1.88 bits per heavy atom. The van der Waals surface area contributed by atoms with Crippen LogP contribution in [0.2, 0.25) is 0 Å². The second kappa shape index (κ2) is 6.31. The molecule has 88 valence electrons. The summed E-state index contributed by atoms with van der Waals surface area (Å²) in [5, 5.41) is 0. The van der Waals surface area contributed by atoms with Gasteiger partial charge in [0.1, 0.15) is 0 Å². The number of benzene rings is 1. The minimum atomic E-state index is 0.138. The molecule has 0 bridgehead atoms. The highest BCUT2D eigenvalue weighted by Gasteiger charge is 2.13. The Balaban J connectivity index is 2.28. The first-order valence-corrected chi connectivity index (χ1v) is 5.86. The molecule has 0 heterocycles. The third-order valence-electron chi connectivity index (χ3n) is 2.81. The Labute approximate surface area is 98.3 Å². The Kier molecular flexibility index (Phi) is 5.03. The van der Waals surface area contributed by atoms with Gasteiger partial charge in [0.25, 0.3) is 0 Å². The second-order valence-electron chi connectivity index (χ2n) is 4.51. The highest BCUT2D eigenvalue weighted by atomic mass is 16.2. The normalized spacial score (nSPS) is 12.2. The zero-order chi connectivity index (χ0) is 12.0. The van der Waals surface area contributed by atoms with E-state index in [9.17, 15) is 4.79 Å². The van der Waals surface area contributed by atoms with Crippen molar-refractivity contribution in [1.29, 1.82) is 0 Å². The summed E-state index contributed by atoms with van der Waals surface area (Å²) in [5.41, 5.74) is 1.35. The first-order valence-electron chi connectivity index (χ1n) is 5.86. The zero-order valence-electron chi connectivity index (χ0n) is 10.4. The lowest BCUT2D eigenvalue weighted by Crippen LogP contribution is -2.27. The molecule has 2 nitrogen and oxygen atoms in total. The van der Waals surface area contributed by atoms with Crippen molar-refractivity contribution in [2.24, 2.45) is 5.92 Å². The summed E-state index contributed by atoms with van der Waals surface area (Å²) in [6.07, 6.45) is 3.10. The molecule has 0 saturated carbocycles. The summed E-state index contributed by atoms with van der Waals surface area (Å²) < 4.78 is 0. The predicted molar refractivity (Wildman–Crippen MR) is 67.2 cm³/mol. The SMILES string of the molecule is CC(CCCc1ccccc1)C(=O)N(C)C. The fraction of sp³-hybridized carbons (Fsp3) is 0.500. The highest BCUT2D eigenvalue weighted by molar-refractivity contribution is 5.77. The van der Waals surface area contributed by atoms with Crippen LogP contribution < -0.4 is 0 Å². The van der Waals surface area contributed by atoms with E-state index in [0.29, 0.717) is 0 Å². The van der Waals surface area contributed by atoms with Crippen LogP contribution in [-0.4, -0.2) is 24.9 Å². The number of nitrogens with zero attached hydrogens (tertiary/aromatic N) is 1. The molecule has 1 atom stereocenters. The van der Waals surface area contributed by atoms with Gasteiger partial charge in [-0.05, 0) is 24.8 Å². The molecule has 0 spiro atoms. The van der Waals surface area contributed by atoms with Crippen molar-refractivity contribution in [1.82, 2.24) is 4.90 Å². The molecule has 16 heavy (non-hydrogen) atoms. The van der Waals surface area contributed by atoms with Crippen LogP contribution in [0.5, 0.6) is 0 Å². The van der Waals surface area contributed by atoms with E-state index in [-0.39, 0.29) is 11.8 Å². The van der Waals surface area contributed by atoms with Gasteiger partial charge in [-0.1, -0.05) is 37.3 Å². The van der Waals surface area contributed by atoms with Crippen LogP contribution in [0, 0.1) is 5.92 Å². The lowest BCUT2D eigenvalue weighted by atomic mass is 10.0. The van der Waals surface area contributed by atoms with Crippen molar-refractivity contribution in [2.75, 3.05) is 14.1 Å². The molecule has 0 saturated heterocycles. The van der Waals surface area contributed by atoms with E-state index < -0.39 is 0 Å². The van der Waals surface area contributed by atoms with Crippen molar-refractivity contribution in [2.45, 2.75) is 26.2 Å². The monoisotopic (exact) mass is 219 g/mol. The molecule has 1 rings (SSSR count). The van der Waals surface area contributed by atoms with E-state index in [4.69, 9.17) is 0 Å². The van der Waals surface area contributed by atoms with Crippen molar-refractivity contribution < 1.29 is 4.79 Å². The molecule has 0 fully saturated rings. The van der Waals surface area contributed by atoms with E-state index in [0.717, 1.165) is 19.3 Å². The van der Waals surface area contributed by atoms with Gasteiger partial charge in [-0.3, -0.25) is 4.79 Å². The average molecular weight is 219 g/mol. The minimum Gasteiger partial charge on any atom is -0.349 e. The standard InChI is InChI=1S/C14H21NO/c1-12(14(16)15(2)3)8-7-11-13-9-5-4-6-10-13/h4-6,9-10,12H,7-8,11H2,1-3H3. The second-order valence-corrected chi connectivity index (χ2v) is 4.51. The number of carbonyl (C=O) groups is 1. The Hall–Kier alpha value is -1.31. The Morgan fingerprint density at radius 3 is 2.44 bits per heavy atom. The molecule has 1 aromatic carbocycles. The van der Waals surface area contributed by atoms with Crippen LogP contribution in [0.15, 0.2) is 30.3 Å². The van der Waals surface area contributed by atoms with Crippen LogP contribution in [0.25, 0.3) is 0 Å². The summed E-state index contributed by atoms with van der Waals surface area (Å²) in [6, 6.07) is 10.4. The van der Waals surface area contributed by atoms with Gasteiger partial charge in [0, 0.05) is 20.0 Å². The summed E-state index contributed by atoms with van der Waals surface area (Å²) in [5.74, 6) is 0.367. The van der Waals surface area contributed by atoms with Crippen LogP contribution in [0.1, 0.15) is 25.3 Å². The molecule has 1 amide bonds. The number of carbonyl (C=O) groups excluding carboxylic acids is 1. The highest BCUT2D eigenvalue weighted by Crippen LogP contribution is 2.11. The largest absolute Gasteiger partial charge is 0.349 e. The third kappa shape index (κ3) is 4.05. The summed E-state index contributed by atoms with van der Waals surface area (Å²) >= 11 is 0. The maximum absolute atomic E-state index is 11.6. The fourth-order valence-corrected chi connectivity index (χ4v) is 1.82. The number of hydrogen-bond acceptors (Lipinski definition) is 1. The Morgan fingerprint density at radius 1 is 1.25 bits per heavy atom. The van der Waals surface area contributed by atoms with Gasteiger partial charge in [-0.25, -0.2) is 0 Å². The molecule has 0 aliphatic heterocycles. The number of rotatable bonds is 5. The van der Waals surface area contributed by atoms with E-state index in [1.54, 1.807) is 4.90 Å². The molecular weight excluding hydrogens is 198 g/mol. The van der Waals surface area contributed by atoms with Crippen LogP contribution in [0.4, 0.5) is 0 Å². The van der Waals surface area contributed by atoms with Gasteiger partial charge < -0.3 is 4.90 Å². The first kappa shape index (κ1) is 12.8. The van der Waals surface area contributed by atoms with Gasteiger partial charge in [-0.15, -0.1) is 0 Å². The molecule has 0 N–H and O–H groups in total. The molecule has 1 aromatic rings. The Bertz CT molecular complexity index is 319. The number of hydrogen-bond donors (Lipinski definition) is 0. The number of amides is 1. The van der Waals surface area contributed by atoms with E-state index >= 15 is 0 Å². The molecule has 0 aliphatic carbocycles. The van der Waals surface area contributed by atoms with Gasteiger partial charge in [0.05, 0.1) is 0 Å². The molecule has 0 aromatic heterocycles. The first-order chi connectivity index (χ1) is 7.61. The average Bonchev–Trinajstić information content (AvgIpc) is 2.29. The van der Waals surface area contributed by atoms with Crippen molar-refractivity contribution in [3.63, 3.8) is 0 Å². The quantitative estimate of drug-likeness (QED) is 0.745. The molecule has 1 unspecified atom stereocenters. The van der Waals surface area contributed by atoms with Gasteiger partial charge >= 0.3 is 0 Å². The zero-order valence-corrected chi connectivity index (χ0v) is 10.4. The maximum atomic E-state index is 11.6. The lowest BCUT2D eigenvalue weighted by molar-refractivity contribution is -0.132. The minimum absolute atomic E-state index is 0.138. The van der Waals surface area contributed by atoms with Crippen molar-refractivity contribution >= 4 is 5.91 Å². The number of aryl methyl sites for hydroxylation is 1. The topological polar surface area (TPSA) is 20.3 Å². The van der Waals surface area contributed by atoms with E-state index in [2.05, 4.69) is 24.3 Å². The smallest absolute Gasteiger partial charge is 0.224 e. The van der Waals surface area contributed by atoms with Crippen molar-refractivity contribution in [3.05, 3.63) is 35.9 Å². The molecule has 0 aliphatic rings. The molecule has 0 radical (unpaired) electrons. The van der Waals surface area contributed by atoms with Gasteiger partial charge in [0.2, 0.25) is 5.91 Å². The van der Waals surface area contributed by atoms with Crippen LogP contribution in [0.3, 0.4) is 0 Å². The predicted octanol–water partition coefficient (Wildman–Crippen LogP) is 2.73. The third-order valence-corrected chi connectivity index (χ3v) is 2.81. The van der Waals surface area contributed by atoms with Crippen LogP contribution in [-0.2, 0) is 11.2 Å². The van der Waals surface area contributed by atoms with Crippen molar-refractivity contribution in [3.8, 4) is 0 Å². The summed E-state index contributed by atoms with van der Waals surface area (Å²) in [4.78, 5) is 13.3. The maximum Gasteiger partial charge on any atom is 0.224 e. The molecule has 2 heteroatoms. The lowest BCUT2D eigenvalue weighted by Gasteiger charge is -2.16. The van der Waals surface area contributed by atoms with E-state index in [1.807, 2.05) is 27.1 Å². The van der Waals surface area contributed by atoms with Crippen LogP contribution >= 0.6 is 0 Å².